The Labute approximate surface area is 190 Å². The number of ether oxygens (including phenoxy) is 5. The van der Waals surface area contributed by atoms with Gasteiger partial charge in [-0.25, -0.2) is 4.79 Å². The zero-order chi connectivity index (χ0) is 23.3. The molecule has 0 aromatic heterocycles. The molecule has 1 unspecified atom stereocenters. The van der Waals surface area contributed by atoms with Crippen LogP contribution in [0, 0.1) is 0 Å². The van der Waals surface area contributed by atoms with E-state index < -0.39 is 43.3 Å². The number of carbonyl (C=O) groups is 1. The predicted molar refractivity (Wildman–Crippen MR) is 113 cm³/mol. The molecule has 1 heterocycles. The Morgan fingerprint density at radius 1 is 1.12 bits per heavy atom. The maximum absolute atomic E-state index is 12.8. The first-order valence-electron chi connectivity index (χ1n) is 9.80. The minimum atomic E-state index is -1.54. The van der Waals surface area contributed by atoms with Crippen LogP contribution in [0.3, 0.4) is 0 Å². The van der Waals surface area contributed by atoms with E-state index >= 15 is 0 Å². The topological polar surface area (TPSA) is 124 Å². The van der Waals surface area contributed by atoms with E-state index in [0.717, 1.165) is 5.56 Å². The van der Waals surface area contributed by atoms with Crippen LogP contribution in [0.5, 0.6) is 11.5 Å². The number of hydrogen-bond acceptors (Lipinski definition) is 9. The van der Waals surface area contributed by atoms with Crippen molar-refractivity contribution < 1.29 is 43.8 Å². The first-order chi connectivity index (χ1) is 15.4. The second-order valence-corrected chi connectivity index (χ2v) is 7.48. The fourth-order valence-electron chi connectivity index (χ4n) is 3.27. The second-order valence-electron chi connectivity index (χ2n) is 7.08. The lowest BCUT2D eigenvalue weighted by Gasteiger charge is -2.40. The van der Waals surface area contributed by atoms with Gasteiger partial charge in [-0.15, -0.1) is 0 Å². The fourth-order valence-corrected chi connectivity index (χ4v) is 3.54. The van der Waals surface area contributed by atoms with Crippen molar-refractivity contribution in [3.05, 3.63) is 58.6 Å². The normalized spacial score (nSPS) is 25.2. The van der Waals surface area contributed by atoms with Crippen LogP contribution in [0.25, 0.3) is 0 Å². The standard InChI is InChI=1S/C22H25ClO9/c1-28-15-9-13(8-14(23)19(15)30-11-12-6-4-3-5-7-12)21(27)32-20-18(26)17(25)16(10-24)31-22(20)29-2/h3-9,16-18,20,22,24-26H,10-11H2,1-2H3/t16?,17-,18+,20-,22+/m1/s1. The van der Waals surface area contributed by atoms with Crippen LogP contribution in [-0.4, -0.2) is 72.8 Å². The van der Waals surface area contributed by atoms with E-state index in [2.05, 4.69) is 0 Å². The van der Waals surface area contributed by atoms with Crippen molar-refractivity contribution in [2.75, 3.05) is 20.8 Å². The predicted octanol–water partition coefficient (Wildman–Crippen LogP) is 1.54. The number of rotatable bonds is 8. The van der Waals surface area contributed by atoms with Gasteiger partial charge < -0.3 is 39.0 Å². The van der Waals surface area contributed by atoms with Gasteiger partial charge >= 0.3 is 5.97 Å². The molecule has 2 aromatic rings. The van der Waals surface area contributed by atoms with E-state index in [0.29, 0.717) is 0 Å². The fraction of sp³-hybridized carbons (Fsp3) is 0.409. The lowest BCUT2D eigenvalue weighted by Crippen LogP contribution is -2.60. The Kier molecular flexibility index (Phi) is 8.30. The molecule has 0 aliphatic carbocycles. The Morgan fingerprint density at radius 2 is 1.84 bits per heavy atom. The summed E-state index contributed by atoms with van der Waals surface area (Å²) in [4.78, 5) is 12.8. The Bertz CT molecular complexity index is 906. The highest BCUT2D eigenvalue weighted by molar-refractivity contribution is 6.32. The summed E-state index contributed by atoms with van der Waals surface area (Å²) in [6, 6.07) is 12.2. The third-order valence-electron chi connectivity index (χ3n) is 4.99. The van der Waals surface area contributed by atoms with Crippen molar-refractivity contribution in [3.8, 4) is 11.5 Å². The van der Waals surface area contributed by atoms with Crippen molar-refractivity contribution in [1.82, 2.24) is 0 Å². The number of aliphatic hydroxyl groups is 3. The molecule has 32 heavy (non-hydrogen) atoms. The van der Waals surface area contributed by atoms with Gasteiger partial charge in [-0.05, 0) is 17.7 Å². The molecular formula is C22H25ClO9. The molecule has 0 saturated carbocycles. The third kappa shape index (κ3) is 5.32. The van der Waals surface area contributed by atoms with Crippen LogP contribution < -0.4 is 9.47 Å². The number of aliphatic hydroxyl groups excluding tert-OH is 3. The molecule has 0 bridgehead atoms. The number of benzene rings is 2. The summed E-state index contributed by atoms with van der Waals surface area (Å²) in [5.74, 6) is -0.389. The quantitative estimate of drug-likeness (QED) is 0.495. The van der Waals surface area contributed by atoms with Gasteiger partial charge in [0.05, 0.1) is 24.3 Å². The lowest BCUT2D eigenvalue weighted by molar-refractivity contribution is -0.293. The largest absolute Gasteiger partial charge is 0.493 e. The van der Waals surface area contributed by atoms with Crippen LogP contribution in [0.2, 0.25) is 5.02 Å². The van der Waals surface area contributed by atoms with Crippen molar-refractivity contribution in [3.63, 3.8) is 0 Å². The zero-order valence-corrected chi connectivity index (χ0v) is 18.3. The van der Waals surface area contributed by atoms with E-state index in [4.69, 9.17) is 35.3 Å². The van der Waals surface area contributed by atoms with E-state index in [1.54, 1.807) is 0 Å². The smallest absolute Gasteiger partial charge is 0.338 e. The summed E-state index contributed by atoms with van der Waals surface area (Å²) in [5.41, 5.74) is 0.950. The van der Waals surface area contributed by atoms with Crippen molar-refractivity contribution in [1.29, 1.82) is 0 Å². The Morgan fingerprint density at radius 3 is 2.47 bits per heavy atom. The summed E-state index contributed by atoms with van der Waals surface area (Å²) >= 11 is 6.33. The van der Waals surface area contributed by atoms with Crippen LogP contribution in [0.4, 0.5) is 0 Å². The number of carbonyl (C=O) groups excluding carboxylic acids is 1. The molecule has 0 amide bonds. The van der Waals surface area contributed by atoms with E-state index in [1.165, 1.54) is 26.4 Å². The van der Waals surface area contributed by atoms with Crippen molar-refractivity contribution >= 4 is 17.6 Å². The Balaban J connectivity index is 1.77. The molecular weight excluding hydrogens is 444 g/mol. The van der Waals surface area contributed by atoms with Gasteiger partial charge in [0.15, 0.2) is 23.9 Å². The zero-order valence-electron chi connectivity index (χ0n) is 17.5. The second kappa shape index (κ2) is 11.0. The number of esters is 1. The summed E-state index contributed by atoms with van der Waals surface area (Å²) in [6.07, 6.45) is -6.64. The highest BCUT2D eigenvalue weighted by Crippen LogP contribution is 2.37. The number of hydrogen-bond donors (Lipinski definition) is 3. The molecule has 0 spiro atoms. The summed E-state index contributed by atoms with van der Waals surface area (Å²) in [5, 5.41) is 29.8. The molecule has 1 aliphatic heterocycles. The minimum Gasteiger partial charge on any atom is -0.493 e. The van der Waals surface area contributed by atoms with Crippen molar-refractivity contribution in [2.45, 2.75) is 37.3 Å². The molecule has 10 heteroatoms. The molecule has 5 atom stereocenters. The first kappa shape index (κ1) is 24.2. The average molecular weight is 469 g/mol. The van der Waals surface area contributed by atoms with E-state index in [-0.39, 0.29) is 28.7 Å². The highest BCUT2D eigenvalue weighted by atomic mass is 35.5. The van der Waals surface area contributed by atoms with Gasteiger partial charge in [-0.3, -0.25) is 0 Å². The molecule has 0 radical (unpaired) electrons. The summed E-state index contributed by atoms with van der Waals surface area (Å²) in [7, 11) is 2.68. The van der Waals surface area contributed by atoms with Gasteiger partial charge in [0.1, 0.15) is 24.9 Å². The van der Waals surface area contributed by atoms with Gasteiger partial charge in [0.25, 0.3) is 0 Å². The van der Waals surface area contributed by atoms with Crippen LogP contribution in [0.15, 0.2) is 42.5 Å². The average Bonchev–Trinajstić information content (AvgIpc) is 2.81. The molecule has 1 fully saturated rings. The molecule has 1 aliphatic rings. The third-order valence-corrected chi connectivity index (χ3v) is 5.27. The van der Waals surface area contributed by atoms with E-state index in [1.807, 2.05) is 30.3 Å². The maximum atomic E-state index is 12.8. The Hall–Kier alpha value is -2.40. The van der Waals surface area contributed by atoms with Gasteiger partial charge in [0, 0.05) is 7.11 Å². The molecule has 9 nitrogen and oxygen atoms in total. The van der Waals surface area contributed by atoms with Gasteiger partial charge in [-0.2, -0.15) is 0 Å². The van der Waals surface area contributed by atoms with Gasteiger partial charge in [0.2, 0.25) is 0 Å². The minimum absolute atomic E-state index is 0.0275. The van der Waals surface area contributed by atoms with E-state index in [9.17, 15) is 20.1 Å². The van der Waals surface area contributed by atoms with Crippen LogP contribution >= 0.6 is 11.6 Å². The molecule has 174 valence electrons. The molecule has 3 N–H and O–H groups in total. The number of methoxy groups -OCH3 is 2. The summed E-state index contributed by atoms with van der Waals surface area (Å²) in [6.45, 7) is -0.304. The molecule has 3 rings (SSSR count). The van der Waals surface area contributed by atoms with Crippen molar-refractivity contribution in [2.24, 2.45) is 0 Å². The molecule has 2 aromatic carbocycles. The summed E-state index contributed by atoms with van der Waals surface area (Å²) < 4.78 is 26.9. The first-order valence-corrected chi connectivity index (χ1v) is 10.2. The monoisotopic (exact) mass is 468 g/mol. The highest BCUT2D eigenvalue weighted by Gasteiger charge is 2.47. The lowest BCUT2D eigenvalue weighted by atomic mass is 9.99. The van der Waals surface area contributed by atoms with Gasteiger partial charge in [-0.1, -0.05) is 41.9 Å². The number of halogens is 1. The maximum Gasteiger partial charge on any atom is 0.338 e. The molecule has 1 saturated heterocycles. The van der Waals surface area contributed by atoms with Crippen LogP contribution in [0.1, 0.15) is 15.9 Å². The van der Waals surface area contributed by atoms with Crippen LogP contribution in [-0.2, 0) is 20.8 Å². The SMILES string of the molecule is COc1cc(C(=O)O[C@H]2[C@@H](OC)OC(CO)[C@@H](O)[C@@H]2O)cc(Cl)c1OCc1ccccc1.